The summed E-state index contributed by atoms with van der Waals surface area (Å²) in [5.74, 6) is 0.00977. The molecule has 1 aromatic rings. The quantitative estimate of drug-likeness (QED) is 0.667. The third-order valence-electron chi connectivity index (χ3n) is 1.68. The smallest absolute Gasteiger partial charge is 0.204 e. The molecule has 4 heteroatoms. The predicted molar refractivity (Wildman–Crippen MR) is 42.9 cm³/mol. The average Bonchev–Trinajstić information content (AvgIpc) is 2.33. The van der Waals surface area contributed by atoms with Gasteiger partial charge in [-0.15, -0.1) is 0 Å². The summed E-state index contributed by atoms with van der Waals surface area (Å²) in [7, 11) is 0. The molecular weight excluding hydrogens is 180 g/mol. The van der Waals surface area contributed by atoms with E-state index >= 15 is 0 Å². The number of rotatable bonds is 0. The van der Waals surface area contributed by atoms with Gasteiger partial charge in [0.1, 0.15) is 0 Å². The van der Waals surface area contributed by atoms with Crippen molar-refractivity contribution in [2.75, 3.05) is 6.61 Å². The lowest BCUT2D eigenvalue weighted by atomic mass is 10.1. The maximum atomic E-state index is 11.1. The van der Waals surface area contributed by atoms with E-state index in [0.29, 0.717) is 10.6 Å². The van der Waals surface area contributed by atoms with Crippen LogP contribution in [0.3, 0.4) is 0 Å². The molecule has 0 aromatic heterocycles. The van der Waals surface area contributed by atoms with Crippen LogP contribution < -0.4 is 4.74 Å². The van der Waals surface area contributed by atoms with E-state index in [-0.39, 0.29) is 23.9 Å². The molecule has 3 nitrogen and oxygen atoms in total. The van der Waals surface area contributed by atoms with Crippen molar-refractivity contribution in [2.45, 2.75) is 0 Å². The number of Topliss-reactive ketones (excluding diaryl/α,β-unsaturated/α-hetero) is 1. The first-order chi connectivity index (χ1) is 5.68. The van der Waals surface area contributed by atoms with Crippen LogP contribution in [-0.4, -0.2) is 17.5 Å². The number of benzene rings is 1. The van der Waals surface area contributed by atoms with Crippen LogP contribution in [0.4, 0.5) is 0 Å². The molecule has 0 amide bonds. The highest BCUT2D eigenvalue weighted by Crippen LogP contribution is 2.37. The van der Waals surface area contributed by atoms with Gasteiger partial charge in [-0.3, -0.25) is 4.79 Å². The van der Waals surface area contributed by atoms with Gasteiger partial charge in [0.05, 0.1) is 5.56 Å². The van der Waals surface area contributed by atoms with E-state index in [1.54, 1.807) is 0 Å². The Morgan fingerprint density at radius 2 is 2.25 bits per heavy atom. The summed E-state index contributed by atoms with van der Waals surface area (Å²) in [6, 6.07) is 2.84. The normalized spacial score (nSPS) is 14.2. The monoisotopic (exact) mass is 184 g/mol. The number of hydrogen-bond acceptors (Lipinski definition) is 3. The Morgan fingerprint density at radius 3 is 3.00 bits per heavy atom. The SMILES string of the molecule is O=C1COc2c(O)cc(Cl)cc21. The zero-order valence-electron chi connectivity index (χ0n) is 6.00. The second-order valence-corrected chi connectivity index (χ2v) is 2.95. The van der Waals surface area contributed by atoms with E-state index < -0.39 is 0 Å². The van der Waals surface area contributed by atoms with Gasteiger partial charge in [-0.25, -0.2) is 0 Å². The molecule has 62 valence electrons. The molecule has 0 bridgehead atoms. The Hall–Kier alpha value is -1.22. The van der Waals surface area contributed by atoms with Crippen LogP contribution in [0.1, 0.15) is 10.4 Å². The van der Waals surface area contributed by atoms with Gasteiger partial charge in [-0.1, -0.05) is 11.6 Å². The van der Waals surface area contributed by atoms with Crippen molar-refractivity contribution in [3.8, 4) is 11.5 Å². The molecule has 1 N–H and O–H groups in total. The maximum Gasteiger partial charge on any atom is 0.204 e. The highest BCUT2D eigenvalue weighted by Gasteiger charge is 2.24. The van der Waals surface area contributed by atoms with Crippen molar-refractivity contribution in [1.29, 1.82) is 0 Å². The van der Waals surface area contributed by atoms with Crippen molar-refractivity contribution >= 4 is 17.4 Å². The minimum absolute atomic E-state index is 0.0107. The summed E-state index contributed by atoms with van der Waals surface area (Å²) in [5, 5.41) is 9.61. The number of ketones is 1. The molecule has 12 heavy (non-hydrogen) atoms. The molecule has 1 heterocycles. The summed E-state index contributed by atoms with van der Waals surface area (Å²) in [4.78, 5) is 11.1. The molecular formula is C8H5ClO3. The third kappa shape index (κ3) is 0.940. The zero-order valence-corrected chi connectivity index (χ0v) is 6.76. The molecule has 0 spiro atoms. The fraction of sp³-hybridized carbons (Fsp3) is 0.125. The van der Waals surface area contributed by atoms with Gasteiger partial charge in [-0.05, 0) is 6.07 Å². The van der Waals surface area contributed by atoms with Gasteiger partial charge in [0.25, 0.3) is 0 Å². The average molecular weight is 185 g/mol. The number of halogens is 1. The molecule has 0 fully saturated rings. The standard InChI is InChI=1S/C8H5ClO3/c9-4-1-5-7(11)3-12-8(5)6(10)2-4/h1-2,10H,3H2. The molecule has 0 atom stereocenters. The van der Waals surface area contributed by atoms with Crippen molar-refractivity contribution in [3.05, 3.63) is 22.7 Å². The second-order valence-electron chi connectivity index (χ2n) is 2.51. The van der Waals surface area contributed by atoms with Crippen LogP contribution in [0, 0.1) is 0 Å². The molecule has 1 aliphatic heterocycles. The number of phenols is 1. The van der Waals surface area contributed by atoms with Crippen molar-refractivity contribution in [2.24, 2.45) is 0 Å². The number of phenolic OH excluding ortho intramolecular Hbond substituents is 1. The first-order valence-corrected chi connectivity index (χ1v) is 3.75. The van der Waals surface area contributed by atoms with E-state index in [4.69, 9.17) is 16.3 Å². The fourth-order valence-corrected chi connectivity index (χ4v) is 1.37. The Morgan fingerprint density at radius 1 is 1.50 bits per heavy atom. The lowest BCUT2D eigenvalue weighted by molar-refractivity contribution is 0.0961. The van der Waals surface area contributed by atoms with Crippen LogP contribution in [0.25, 0.3) is 0 Å². The Bertz CT molecular complexity index is 360. The van der Waals surface area contributed by atoms with Crippen LogP contribution in [0.5, 0.6) is 11.5 Å². The number of carbonyl (C=O) groups excluding carboxylic acids is 1. The Balaban J connectivity index is 2.68. The number of ether oxygens (including phenoxy) is 1. The largest absolute Gasteiger partial charge is 0.504 e. The molecule has 0 radical (unpaired) electrons. The van der Waals surface area contributed by atoms with E-state index in [9.17, 15) is 9.90 Å². The van der Waals surface area contributed by atoms with Crippen LogP contribution >= 0.6 is 11.6 Å². The van der Waals surface area contributed by atoms with Gasteiger partial charge in [-0.2, -0.15) is 0 Å². The number of hydrogen-bond donors (Lipinski definition) is 1. The molecule has 1 aliphatic rings. The highest BCUT2D eigenvalue weighted by molar-refractivity contribution is 6.31. The first kappa shape index (κ1) is 7.43. The summed E-state index contributed by atoms with van der Waals surface area (Å²) < 4.78 is 4.94. The third-order valence-corrected chi connectivity index (χ3v) is 1.90. The lowest BCUT2D eigenvalue weighted by Gasteiger charge is -2.00. The molecule has 0 saturated carbocycles. The van der Waals surface area contributed by atoms with Gasteiger partial charge < -0.3 is 9.84 Å². The zero-order chi connectivity index (χ0) is 8.72. The topological polar surface area (TPSA) is 46.5 Å². The Kier molecular flexibility index (Phi) is 1.48. The first-order valence-electron chi connectivity index (χ1n) is 3.37. The Labute approximate surface area is 73.5 Å². The number of fused-ring (bicyclic) bond motifs is 1. The minimum atomic E-state index is -0.150. The van der Waals surface area contributed by atoms with Crippen LogP contribution in [0.2, 0.25) is 5.02 Å². The molecule has 0 unspecified atom stereocenters. The van der Waals surface area contributed by atoms with E-state index in [0.717, 1.165) is 0 Å². The van der Waals surface area contributed by atoms with Gasteiger partial charge in [0.2, 0.25) is 5.78 Å². The molecule has 2 rings (SSSR count). The molecule has 0 aliphatic carbocycles. The van der Waals surface area contributed by atoms with Crippen LogP contribution in [-0.2, 0) is 0 Å². The maximum absolute atomic E-state index is 11.1. The fourth-order valence-electron chi connectivity index (χ4n) is 1.15. The summed E-state index contributed by atoms with van der Waals surface area (Å²) in [6.07, 6.45) is 0. The summed E-state index contributed by atoms with van der Waals surface area (Å²) in [6.45, 7) is -0.0107. The summed E-state index contributed by atoms with van der Waals surface area (Å²) in [5.41, 5.74) is 0.361. The molecule has 1 aromatic carbocycles. The van der Waals surface area contributed by atoms with Crippen molar-refractivity contribution < 1.29 is 14.6 Å². The number of carbonyl (C=O) groups is 1. The van der Waals surface area contributed by atoms with Gasteiger partial charge in [0.15, 0.2) is 18.1 Å². The minimum Gasteiger partial charge on any atom is -0.504 e. The highest BCUT2D eigenvalue weighted by atomic mass is 35.5. The van der Waals surface area contributed by atoms with Gasteiger partial charge in [0, 0.05) is 11.1 Å². The van der Waals surface area contributed by atoms with Gasteiger partial charge >= 0.3 is 0 Å². The van der Waals surface area contributed by atoms with Crippen LogP contribution in [0.15, 0.2) is 12.1 Å². The van der Waals surface area contributed by atoms with Crippen molar-refractivity contribution in [3.63, 3.8) is 0 Å². The number of aromatic hydroxyl groups is 1. The van der Waals surface area contributed by atoms with E-state index in [2.05, 4.69) is 0 Å². The lowest BCUT2D eigenvalue weighted by Crippen LogP contribution is -1.98. The summed E-state index contributed by atoms with van der Waals surface area (Å²) >= 11 is 5.63. The molecule has 0 saturated heterocycles. The van der Waals surface area contributed by atoms with E-state index in [1.807, 2.05) is 0 Å². The second kappa shape index (κ2) is 2.38. The predicted octanol–water partition coefficient (Wildman–Crippen LogP) is 1.62. The van der Waals surface area contributed by atoms with Crippen molar-refractivity contribution in [1.82, 2.24) is 0 Å². The van der Waals surface area contributed by atoms with E-state index in [1.165, 1.54) is 12.1 Å².